The van der Waals surface area contributed by atoms with E-state index in [1.165, 1.54) is 30.9 Å². The summed E-state index contributed by atoms with van der Waals surface area (Å²) in [6.45, 7) is -0.400. The SMILES string of the molecule is COc1ccc(NC(=O)Cn2c3c(sc2=O)[C@H](c2ccccc2OC)C2C(=O)N(c4ccccc4C(F)(F)F)C(=O)C2S3)cc1. The van der Waals surface area contributed by atoms with Crippen LogP contribution in [0, 0.1) is 5.92 Å². The number of para-hydroxylation sites is 2. The molecule has 6 rings (SSSR count). The summed E-state index contributed by atoms with van der Waals surface area (Å²) in [4.78, 5) is 55.0. The van der Waals surface area contributed by atoms with Crippen LogP contribution in [-0.4, -0.2) is 41.8 Å². The van der Waals surface area contributed by atoms with E-state index in [1.807, 2.05) is 0 Å². The number of imide groups is 1. The van der Waals surface area contributed by atoms with Crippen molar-refractivity contribution in [3.05, 3.63) is 98.5 Å². The Balaban J connectivity index is 1.43. The minimum absolute atomic E-state index is 0.291. The molecule has 2 aliphatic rings. The molecule has 3 aromatic carbocycles. The van der Waals surface area contributed by atoms with Gasteiger partial charge in [-0.3, -0.25) is 23.7 Å². The summed E-state index contributed by atoms with van der Waals surface area (Å²) < 4.78 is 53.9. The third-order valence-corrected chi connectivity index (χ3v) is 10.3. The fourth-order valence-corrected chi connectivity index (χ4v) is 8.44. The van der Waals surface area contributed by atoms with Gasteiger partial charge in [0.05, 0.1) is 36.4 Å². The molecule has 9 nitrogen and oxygen atoms in total. The van der Waals surface area contributed by atoms with Crippen molar-refractivity contribution in [3.63, 3.8) is 0 Å². The minimum atomic E-state index is -4.82. The van der Waals surface area contributed by atoms with E-state index in [9.17, 15) is 32.3 Å². The Morgan fingerprint density at radius 1 is 0.911 bits per heavy atom. The molecule has 4 aromatic rings. The first-order chi connectivity index (χ1) is 21.5. The third-order valence-electron chi connectivity index (χ3n) is 7.65. The van der Waals surface area contributed by atoms with E-state index in [2.05, 4.69) is 5.32 Å². The first-order valence-electron chi connectivity index (χ1n) is 13.5. The van der Waals surface area contributed by atoms with Crippen molar-refractivity contribution in [2.75, 3.05) is 24.4 Å². The van der Waals surface area contributed by atoms with E-state index < -0.39 is 63.7 Å². The highest BCUT2D eigenvalue weighted by Crippen LogP contribution is 2.55. The number of hydrogen-bond donors (Lipinski definition) is 1. The highest BCUT2D eigenvalue weighted by Gasteiger charge is 2.58. The molecule has 45 heavy (non-hydrogen) atoms. The van der Waals surface area contributed by atoms with Gasteiger partial charge in [0.1, 0.15) is 23.3 Å². The molecule has 1 fully saturated rings. The molecule has 0 radical (unpaired) electrons. The Kier molecular flexibility index (Phi) is 7.95. The predicted molar refractivity (Wildman–Crippen MR) is 162 cm³/mol. The number of nitrogens with zero attached hydrogens (tertiary/aromatic N) is 2. The Labute approximate surface area is 262 Å². The Morgan fingerprint density at radius 3 is 2.29 bits per heavy atom. The van der Waals surface area contributed by atoms with E-state index in [-0.39, 0.29) is 0 Å². The zero-order valence-electron chi connectivity index (χ0n) is 23.7. The predicted octanol–water partition coefficient (Wildman–Crippen LogP) is 5.38. The summed E-state index contributed by atoms with van der Waals surface area (Å²) in [5.74, 6) is -3.28. The number of anilines is 2. The smallest absolute Gasteiger partial charge is 0.418 e. The zero-order valence-corrected chi connectivity index (χ0v) is 25.3. The molecule has 1 aromatic heterocycles. The second-order valence-electron chi connectivity index (χ2n) is 10.2. The van der Waals surface area contributed by atoms with Gasteiger partial charge in [-0.25, -0.2) is 4.90 Å². The number of benzene rings is 3. The van der Waals surface area contributed by atoms with Crippen molar-refractivity contribution >= 4 is 52.2 Å². The van der Waals surface area contributed by atoms with Crippen LogP contribution in [0.3, 0.4) is 0 Å². The fourth-order valence-electron chi connectivity index (χ4n) is 5.68. The molecule has 14 heteroatoms. The molecule has 1 N–H and O–H groups in total. The molecule has 0 aliphatic carbocycles. The van der Waals surface area contributed by atoms with Crippen molar-refractivity contribution < 1.29 is 37.0 Å². The summed E-state index contributed by atoms with van der Waals surface area (Å²) in [5, 5.41) is 1.84. The van der Waals surface area contributed by atoms with Gasteiger partial charge in [0.15, 0.2) is 0 Å². The summed E-state index contributed by atoms with van der Waals surface area (Å²) >= 11 is 1.73. The fraction of sp³-hybridized carbons (Fsp3) is 0.226. The number of rotatable bonds is 7. The largest absolute Gasteiger partial charge is 0.497 e. The van der Waals surface area contributed by atoms with Crippen molar-refractivity contribution in [2.45, 2.75) is 28.9 Å². The van der Waals surface area contributed by atoms with Gasteiger partial charge in [-0.15, -0.1) is 0 Å². The molecule has 0 spiro atoms. The average molecular weight is 656 g/mol. The number of methoxy groups -OCH3 is 2. The van der Waals surface area contributed by atoms with Gasteiger partial charge in [0, 0.05) is 22.0 Å². The molecular formula is C31H24F3N3O6S2. The Morgan fingerprint density at radius 2 is 1.60 bits per heavy atom. The Bertz CT molecular complexity index is 1870. The average Bonchev–Trinajstić information content (AvgIpc) is 3.47. The standard InChI is InChI=1S/C31H24F3N3O6S2/c1-42-17-13-11-16(12-14-17)35-22(38)15-36-29-26(45-30(36)41)23(18-7-3-6-10-21(18)43-2)24-25(44-29)28(40)37(27(24)39)20-9-5-4-8-19(20)31(32,33)34/h3-14,23-25H,15H2,1-2H3,(H,35,38)/t23-,24?,25?/m1/s1. The van der Waals surface area contributed by atoms with Gasteiger partial charge in [-0.1, -0.05) is 53.4 Å². The second-order valence-corrected chi connectivity index (χ2v) is 12.3. The lowest BCUT2D eigenvalue weighted by molar-refractivity contribution is -0.137. The highest BCUT2D eigenvalue weighted by atomic mass is 32.2. The first-order valence-corrected chi connectivity index (χ1v) is 15.2. The normalized spacial score (nSPS) is 19.2. The molecule has 0 bridgehead atoms. The van der Waals surface area contributed by atoms with Crippen LogP contribution in [0.25, 0.3) is 0 Å². The molecule has 232 valence electrons. The number of ether oxygens (including phenoxy) is 2. The van der Waals surface area contributed by atoms with E-state index in [1.54, 1.807) is 48.5 Å². The van der Waals surface area contributed by atoms with Crippen LogP contribution in [0.4, 0.5) is 24.5 Å². The molecule has 1 saturated heterocycles. The van der Waals surface area contributed by atoms with Gasteiger partial charge in [-0.2, -0.15) is 13.2 Å². The molecule has 3 heterocycles. The van der Waals surface area contributed by atoms with Crippen molar-refractivity contribution in [2.24, 2.45) is 5.92 Å². The number of alkyl halides is 3. The number of nitrogens with one attached hydrogen (secondary N) is 1. The van der Waals surface area contributed by atoms with E-state index >= 15 is 0 Å². The molecule has 3 amide bonds. The number of carbonyl (C=O) groups excluding carboxylic acids is 3. The lowest BCUT2D eigenvalue weighted by atomic mass is 9.82. The lowest BCUT2D eigenvalue weighted by Gasteiger charge is -2.31. The number of carbonyl (C=O) groups is 3. The van der Waals surface area contributed by atoms with E-state index in [0.717, 1.165) is 35.2 Å². The minimum Gasteiger partial charge on any atom is -0.497 e. The van der Waals surface area contributed by atoms with Crippen LogP contribution in [-0.2, 0) is 27.1 Å². The molecule has 3 atom stereocenters. The summed E-state index contributed by atoms with van der Waals surface area (Å²) in [6, 6.07) is 17.8. The van der Waals surface area contributed by atoms with Crippen LogP contribution < -0.4 is 24.6 Å². The number of aromatic nitrogens is 1. The number of halogens is 3. The topological polar surface area (TPSA) is 107 Å². The molecule has 2 unspecified atom stereocenters. The summed E-state index contributed by atoms with van der Waals surface area (Å²) in [5.41, 5.74) is -0.729. The monoisotopic (exact) mass is 655 g/mol. The maximum Gasteiger partial charge on any atom is 0.418 e. The van der Waals surface area contributed by atoms with Crippen molar-refractivity contribution in [3.8, 4) is 11.5 Å². The molecular weight excluding hydrogens is 631 g/mol. The van der Waals surface area contributed by atoms with Crippen LogP contribution in [0.5, 0.6) is 11.5 Å². The molecule has 2 aliphatic heterocycles. The first kappa shape index (κ1) is 30.5. The number of fused-ring (bicyclic) bond motifs is 2. The molecule has 0 saturated carbocycles. The van der Waals surface area contributed by atoms with Crippen molar-refractivity contribution in [1.82, 2.24) is 4.57 Å². The van der Waals surface area contributed by atoms with Gasteiger partial charge in [-0.05, 0) is 42.5 Å². The summed E-state index contributed by atoms with van der Waals surface area (Å²) in [6.07, 6.45) is -4.82. The van der Waals surface area contributed by atoms with Crippen LogP contribution in [0.2, 0.25) is 0 Å². The maximum absolute atomic E-state index is 14.1. The summed E-state index contributed by atoms with van der Waals surface area (Å²) in [7, 11) is 2.94. The number of thioether (sulfide) groups is 1. The van der Waals surface area contributed by atoms with Crippen LogP contribution in [0.15, 0.2) is 82.6 Å². The quantitative estimate of drug-likeness (QED) is 0.267. The second kappa shape index (κ2) is 11.7. The Hall–Kier alpha value is -4.56. The van der Waals surface area contributed by atoms with Gasteiger partial charge >= 0.3 is 11.0 Å². The maximum atomic E-state index is 14.1. The van der Waals surface area contributed by atoms with Crippen LogP contribution in [0.1, 0.15) is 21.9 Å². The highest BCUT2D eigenvalue weighted by molar-refractivity contribution is 8.00. The zero-order chi connectivity index (χ0) is 32.0. The van der Waals surface area contributed by atoms with E-state index in [0.29, 0.717) is 37.6 Å². The number of thiazole rings is 1. The third kappa shape index (κ3) is 5.37. The number of amides is 3. The van der Waals surface area contributed by atoms with Crippen molar-refractivity contribution in [1.29, 1.82) is 0 Å². The van der Waals surface area contributed by atoms with Gasteiger partial charge in [0.25, 0.3) is 0 Å². The van der Waals surface area contributed by atoms with Crippen LogP contribution >= 0.6 is 23.1 Å². The van der Waals surface area contributed by atoms with Gasteiger partial charge in [0.2, 0.25) is 17.7 Å². The van der Waals surface area contributed by atoms with Gasteiger partial charge < -0.3 is 14.8 Å². The lowest BCUT2D eigenvalue weighted by Crippen LogP contribution is -2.33. The number of hydrogen-bond acceptors (Lipinski definition) is 8. The van der Waals surface area contributed by atoms with E-state index in [4.69, 9.17) is 9.47 Å².